The minimum atomic E-state index is -0.000220. The normalized spacial score (nSPS) is 15.0. The number of para-hydroxylation sites is 3. The molecule has 6 rings (SSSR count). The van der Waals surface area contributed by atoms with Crippen molar-refractivity contribution in [3.8, 4) is 11.4 Å². The van der Waals surface area contributed by atoms with Crippen molar-refractivity contribution < 1.29 is 0 Å². The lowest BCUT2D eigenvalue weighted by Gasteiger charge is -2.56. The van der Waals surface area contributed by atoms with E-state index in [2.05, 4.69) is 123 Å². The Morgan fingerprint density at radius 1 is 0.645 bits per heavy atom. The number of benzene rings is 3. The molecule has 2 aliphatic heterocycles. The Bertz CT molecular complexity index is 1200. The number of hydrogen-bond donors (Lipinski definition) is 0. The SMILES string of the molecule is CB1N(c2ccccc2)B(C)N2B(N1c1ccccc1)n1ccnc1-c1ccccc12. The van der Waals surface area contributed by atoms with Crippen LogP contribution in [0.25, 0.3) is 11.4 Å². The first-order chi connectivity index (χ1) is 15.3. The van der Waals surface area contributed by atoms with Gasteiger partial charge in [-0.3, -0.25) is 0 Å². The van der Waals surface area contributed by atoms with E-state index >= 15 is 0 Å². The number of rotatable bonds is 2. The largest absolute Gasteiger partial charge is 0.487 e. The topological polar surface area (TPSA) is 27.5 Å². The Balaban J connectivity index is 1.60. The molecule has 0 atom stereocenters. The van der Waals surface area contributed by atoms with Gasteiger partial charge in [-0.1, -0.05) is 48.5 Å². The molecule has 0 unspecified atom stereocenters. The van der Waals surface area contributed by atoms with Crippen molar-refractivity contribution >= 4 is 38.1 Å². The molecule has 0 aliphatic carbocycles. The van der Waals surface area contributed by atoms with Gasteiger partial charge in [-0.2, -0.15) is 0 Å². The van der Waals surface area contributed by atoms with Gasteiger partial charge in [0, 0.05) is 35.0 Å². The van der Waals surface area contributed by atoms with Crippen molar-refractivity contribution in [2.45, 2.75) is 13.6 Å². The summed E-state index contributed by atoms with van der Waals surface area (Å²) in [7, 11) is -0.000220. The van der Waals surface area contributed by atoms with E-state index in [1.54, 1.807) is 0 Å². The van der Waals surface area contributed by atoms with Crippen LogP contribution in [0, 0.1) is 0 Å². The molecule has 1 saturated heterocycles. The van der Waals surface area contributed by atoms with Gasteiger partial charge in [-0.15, -0.1) is 0 Å². The third-order valence-electron chi connectivity index (χ3n) is 6.56. The maximum absolute atomic E-state index is 4.74. The molecule has 3 heterocycles. The third-order valence-corrected chi connectivity index (χ3v) is 6.56. The van der Waals surface area contributed by atoms with Gasteiger partial charge in [-0.25, -0.2) is 4.98 Å². The van der Waals surface area contributed by atoms with E-state index in [0.717, 1.165) is 5.82 Å². The molecule has 1 aromatic heterocycles. The van der Waals surface area contributed by atoms with Gasteiger partial charge in [0.25, 0.3) is 0 Å². The number of nitrogens with zero attached hydrogens (tertiary/aromatic N) is 5. The van der Waals surface area contributed by atoms with E-state index in [1.807, 2.05) is 6.20 Å². The molecule has 148 valence electrons. The highest BCUT2D eigenvalue weighted by atomic mass is 15.4. The fraction of sp³-hybridized carbons (Fsp3) is 0.0870. The highest BCUT2D eigenvalue weighted by Crippen LogP contribution is 2.41. The second-order valence-electron chi connectivity index (χ2n) is 8.18. The maximum Gasteiger partial charge on any atom is 0.487 e. The van der Waals surface area contributed by atoms with Crippen LogP contribution in [0.4, 0.5) is 17.1 Å². The molecule has 0 saturated carbocycles. The van der Waals surface area contributed by atoms with Gasteiger partial charge < -0.3 is 18.6 Å². The molecule has 3 aromatic carbocycles. The molecule has 4 aromatic rings. The summed E-state index contributed by atoms with van der Waals surface area (Å²) in [6, 6.07) is 30.0. The van der Waals surface area contributed by atoms with E-state index in [9.17, 15) is 0 Å². The quantitative estimate of drug-likeness (QED) is 0.464. The van der Waals surface area contributed by atoms with Crippen molar-refractivity contribution in [2.24, 2.45) is 0 Å². The van der Waals surface area contributed by atoms with Crippen molar-refractivity contribution in [1.82, 2.24) is 9.46 Å². The minimum Gasteiger partial charge on any atom is -0.425 e. The van der Waals surface area contributed by atoms with Gasteiger partial charge in [-0.05, 0) is 50.0 Å². The second kappa shape index (κ2) is 7.01. The van der Waals surface area contributed by atoms with Crippen molar-refractivity contribution in [3.63, 3.8) is 0 Å². The summed E-state index contributed by atoms with van der Waals surface area (Å²) < 4.78 is 9.82. The minimum absolute atomic E-state index is 0.000220. The monoisotopic (exact) mass is 401 g/mol. The lowest BCUT2D eigenvalue weighted by molar-refractivity contribution is 1.07. The predicted molar refractivity (Wildman–Crippen MR) is 132 cm³/mol. The summed E-state index contributed by atoms with van der Waals surface area (Å²) in [5.41, 5.74) is 4.80. The van der Waals surface area contributed by atoms with Crippen LogP contribution in [0.5, 0.6) is 0 Å². The van der Waals surface area contributed by atoms with Crippen LogP contribution in [0.1, 0.15) is 0 Å². The molecule has 0 bridgehead atoms. The summed E-state index contributed by atoms with van der Waals surface area (Å²) in [5.74, 6) is 1.02. The highest BCUT2D eigenvalue weighted by Gasteiger charge is 2.54. The van der Waals surface area contributed by atoms with Crippen LogP contribution in [0.15, 0.2) is 97.3 Å². The average Bonchev–Trinajstić information content (AvgIpc) is 3.31. The number of fused-ring (bicyclic) bond motifs is 6. The van der Waals surface area contributed by atoms with Crippen molar-refractivity contribution in [3.05, 3.63) is 97.3 Å². The Kier molecular flexibility index (Phi) is 4.13. The zero-order valence-corrected chi connectivity index (χ0v) is 17.7. The molecule has 1 fully saturated rings. The lowest BCUT2D eigenvalue weighted by atomic mass is 9.46. The van der Waals surface area contributed by atoms with Crippen LogP contribution >= 0.6 is 0 Å². The van der Waals surface area contributed by atoms with E-state index in [-0.39, 0.29) is 21.1 Å². The standard InChI is InChI=1S/C23H22B3N5/c1-24-29(19-11-5-3-6-12-19)25(2)31-22-16-10-9-15-21(22)23-27-17-18-28(23)26(31)30(24)20-13-7-4-8-14-20/h3-18H,1-2H3. The number of anilines is 3. The van der Waals surface area contributed by atoms with E-state index < -0.39 is 0 Å². The lowest BCUT2D eigenvalue weighted by Crippen LogP contribution is -2.80. The molecule has 0 radical (unpaired) electrons. The predicted octanol–water partition coefficient (Wildman–Crippen LogP) is 4.47. The molecular weight excluding hydrogens is 379 g/mol. The molecule has 2 aliphatic rings. The molecule has 5 nitrogen and oxygen atoms in total. The van der Waals surface area contributed by atoms with E-state index in [1.165, 1.54) is 22.6 Å². The Hall–Kier alpha value is -3.54. The molecule has 0 spiro atoms. The van der Waals surface area contributed by atoms with Gasteiger partial charge >= 0.3 is 21.1 Å². The summed E-state index contributed by atoms with van der Waals surface area (Å²) in [4.78, 5) is 4.74. The maximum atomic E-state index is 4.74. The first-order valence-corrected chi connectivity index (χ1v) is 10.8. The smallest absolute Gasteiger partial charge is 0.425 e. The van der Waals surface area contributed by atoms with Crippen molar-refractivity contribution in [2.75, 3.05) is 14.2 Å². The van der Waals surface area contributed by atoms with E-state index in [4.69, 9.17) is 4.98 Å². The summed E-state index contributed by atoms with van der Waals surface area (Å²) in [6.45, 7) is 4.89. The van der Waals surface area contributed by atoms with Gasteiger partial charge in [0.1, 0.15) is 5.82 Å². The summed E-state index contributed by atoms with van der Waals surface area (Å²) >= 11 is 0. The molecule has 8 heteroatoms. The van der Waals surface area contributed by atoms with Crippen LogP contribution in [-0.2, 0) is 0 Å². The Morgan fingerprint density at radius 3 is 1.94 bits per heavy atom. The summed E-state index contributed by atoms with van der Waals surface area (Å²) in [5, 5.41) is 0. The fourth-order valence-electron chi connectivity index (χ4n) is 5.27. The highest BCUT2D eigenvalue weighted by molar-refractivity contribution is 7.04. The first-order valence-electron chi connectivity index (χ1n) is 10.8. The number of hydrogen-bond acceptors (Lipinski definition) is 4. The molecular formula is C23H22B3N5. The van der Waals surface area contributed by atoms with Gasteiger partial charge in [0.15, 0.2) is 0 Å². The van der Waals surface area contributed by atoms with Crippen LogP contribution in [-0.4, -0.2) is 30.5 Å². The number of aromatic nitrogens is 2. The summed E-state index contributed by atoms with van der Waals surface area (Å²) in [6.07, 6.45) is 4.02. The molecule has 0 N–H and O–H groups in total. The number of imidazole rings is 1. The van der Waals surface area contributed by atoms with Crippen LogP contribution in [0.2, 0.25) is 13.6 Å². The zero-order chi connectivity index (χ0) is 20.9. The van der Waals surface area contributed by atoms with Gasteiger partial charge in [0.05, 0.1) is 0 Å². The molecule has 31 heavy (non-hydrogen) atoms. The average molecular weight is 401 g/mol. The first kappa shape index (κ1) is 18.3. The third kappa shape index (κ3) is 2.64. The van der Waals surface area contributed by atoms with Crippen LogP contribution in [0.3, 0.4) is 0 Å². The Labute approximate surface area is 184 Å². The van der Waals surface area contributed by atoms with E-state index in [0.29, 0.717) is 0 Å². The van der Waals surface area contributed by atoms with Crippen LogP contribution < -0.4 is 14.2 Å². The Morgan fingerprint density at radius 2 is 1.23 bits per heavy atom. The fourth-order valence-corrected chi connectivity index (χ4v) is 5.27. The molecule has 0 amide bonds. The second-order valence-corrected chi connectivity index (χ2v) is 8.18. The van der Waals surface area contributed by atoms with Gasteiger partial charge in [0.2, 0.25) is 0 Å². The van der Waals surface area contributed by atoms with Crippen molar-refractivity contribution in [1.29, 1.82) is 0 Å². The zero-order valence-electron chi connectivity index (χ0n) is 17.7.